The van der Waals surface area contributed by atoms with Crippen LogP contribution in [0, 0.1) is 5.92 Å². The number of hydrogen-bond donors (Lipinski definition) is 1. The van der Waals surface area contributed by atoms with Gasteiger partial charge in [-0.3, -0.25) is 0 Å². The molecule has 0 bridgehead atoms. The number of ether oxygens (including phenoxy) is 1. The Morgan fingerprint density at radius 1 is 1.35 bits per heavy atom. The van der Waals surface area contributed by atoms with Crippen molar-refractivity contribution in [2.45, 2.75) is 18.3 Å². The molecule has 0 amide bonds. The Morgan fingerprint density at radius 2 is 2.22 bits per heavy atom. The van der Waals surface area contributed by atoms with Gasteiger partial charge in [0.15, 0.2) is 0 Å². The van der Waals surface area contributed by atoms with Crippen LogP contribution in [0.4, 0.5) is 0 Å². The maximum atomic E-state index is 6.61. The van der Waals surface area contributed by atoms with E-state index in [2.05, 4.69) is 39.3 Å². The zero-order chi connectivity index (χ0) is 15.6. The highest BCUT2D eigenvalue weighted by Gasteiger charge is 2.22. The average Bonchev–Trinajstić information content (AvgIpc) is 3.02. The molecule has 0 saturated carbocycles. The number of pyridine rings is 1. The molecule has 120 valence electrons. The summed E-state index contributed by atoms with van der Waals surface area (Å²) in [6.07, 6.45) is 12.4. The largest absolute Gasteiger partial charge is 0.381 e. The highest BCUT2D eigenvalue weighted by atomic mass is 35.5. The second-order valence-electron chi connectivity index (χ2n) is 6.16. The number of nitrogens with zero attached hydrogens (tertiary/aromatic N) is 2. The molecule has 1 saturated heterocycles. The van der Waals surface area contributed by atoms with Crippen LogP contribution in [0.3, 0.4) is 0 Å². The summed E-state index contributed by atoms with van der Waals surface area (Å²) < 4.78 is 5.43. The van der Waals surface area contributed by atoms with Gasteiger partial charge in [-0.05, 0) is 48.6 Å². The van der Waals surface area contributed by atoms with Gasteiger partial charge in [0.05, 0.1) is 0 Å². The van der Waals surface area contributed by atoms with Crippen molar-refractivity contribution in [3.63, 3.8) is 0 Å². The van der Waals surface area contributed by atoms with E-state index in [0.29, 0.717) is 5.92 Å². The number of aromatic amines is 1. The normalized spacial score (nSPS) is 22.6. The Morgan fingerprint density at radius 3 is 3.04 bits per heavy atom. The maximum absolute atomic E-state index is 6.61. The van der Waals surface area contributed by atoms with Crippen LogP contribution in [-0.4, -0.2) is 40.1 Å². The number of allylic oxidation sites excluding steroid dienone is 2. The Balaban J connectivity index is 1.52. The van der Waals surface area contributed by atoms with Crippen molar-refractivity contribution in [1.29, 1.82) is 0 Å². The van der Waals surface area contributed by atoms with Crippen LogP contribution in [-0.2, 0) is 4.74 Å². The summed E-state index contributed by atoms with van der Waals surface area (Å²) in [5.74, 6) is 0.668. The Labute approximate surface area is 140 Å². The van der Waals surface area contributed by atoms with Gasteiger partial charge in [0.2, 0.25) is 0 Å². The summed E-state index contributed by atoms with van der Waals surface area (Å²) in [6, 6.07) is 4.04. The summed E-state index contributed by atoms with van der Waals surface area (Å²) >= 11 is 6.61. The van der Waals surface area contributed by atoms with Gasteiger partial charge in [0.1, 0.15) is 11.1 Å². The van der Waals surface area contributed by atoms with Crippen molar-refractivity contribution in [3.05, 3.63) is 48.4 Å². The lowest BCUT2D eigenvalue weighted by Gasteiger charge is -2.33. The molecule has 1 N–H and O–H groups in total. The lowest BCUT2D eigenvalue weighted by molar-refractivity contribution is 0.0577. The molecule has 1 atom stereocenters. The van der Waals surface area contributed by atoms with Crippen LogP contribution >= 0.6 is 11.6 Å². The summed E-state index contributed by atoms with van der Waals surface area (Å²) in [5.41, 5.74) is 3.10. The number of nitrogens with one attached hydrogen (secondary N) is 1. The molecule has 1 unspecified atom stereocenters. The molecule has 0 aromatic carbocycles. The van der Waals surface area contributed by atoms with Gasteiger partial charge in [0.25, 0.3) is 0 Å². The average molecular weight is 330 g/mol. The van der Waals surface area contributed by atoms with Gasteiger partial charge >= 0.3 is 0 Å². The van der Waals surface area contributed by atoms with E-state index in [0.717, 1.165) is 54.8 Å². The molecule has 4 heterocycles. The second-order valence-corrected chi connectivity index (χ2v) is 6.61. The minimum Gasteiger partial charge on any atom is -0.381 e. The fourth-order valence-electron chi connectivity index (χ4n) is 3.32. The molecule has 2 aromatic heterocycles. The SMILES string of the molecule is ClC1C=C(c2c[nH]c3ncccc23)C=CN1CC1CCOCC1. The molecule has 23 heavy (non-hydrogen) atoms. The molecule has 2 aliphatic rings. The van der Waals surface area contributed by atoms with Crippen LogP contribution in [0.5, 0.6) is 0 Å². The van der Waals surface area contributed by atoms with E-state index >= 15 is 0 Å². The number of H-pyrrole nitrogens is 1. The third-order valence-electron chi connectivity index (χ3n) is 4.65. The third kappa shape index (κ3) is 3.01. The van der Waals surface area contributed by atoms with E-state index in [1.54, 1.807) is 6.20 Å². The number of halogens is 1. The summed E-state index contributed by atoms with van der Waals surface area (Å²) in [5, 5.41) is 1.13. The standard InChI is InChI=1S/C18H20ClN3O/c19-17-10-14(16-11-21-18-15(16)2-1-6-20-18)3-7-22(17)12-13-4-8-23-9-5-13/h1-3,6-7,10-11,13,17H,4-5,8-9,12H2,(H,20,21). The Hall–Kier alpha value is -1.78. The molecule has 2 aromatic rings. The van der Waals surface area contributed by atoms with E-state index in [9.17, 15) is 0 Å². The van der Waals surface area contributed by atoms with Crippen molar-refractivity contribution in [1.82, 2.24) is 14.9 Å². The molecular formula is C18H20ClN3O. The monoisotopic (exact) mass is 329 g/mol. The zero-order valence-electron chi connectivity index (χ0n) is 12.9. The van der Waals surface area contributed by atoms with Gasteiger partial charge < -0.3 is 14.6 Å². The lowest BCUT2D eigenvalue weighted by Crippen LogP contribution is -2.34. The molecular weight excluding hydrogens is 310 g/mol. The molecule has 2 aliphatic heterocycles. The number of aromatic nitrogens is 2. The predicted molar refractivity (Wildman–Crippen MR) is 93.1 cm³/mol. The van der Waals surface area contributed by atoms with E-state index in [1.165, 1.54) is 0 Å². The van der Waals surface area contributed by atoms with E-state index < -0.39 is 0 Å². The Kier molecular flexibility index (Phi) is 4.10. The fraction of sp³-hybridized carbons (Fsp3) is 0.389. The molecule has 0 spiro atoms. The number of alkyl halides is 1. The van der Waals surface area contributed by atoms with Crippen molar-refractivity contribution in [2.24, 2.45) is 5.92 Å². The van der Waals surface area contributed by atoms with Crippen LogP contribution < -0.4 is 0 Å². The molecule has 1 fully saturated rings. The van der Waals surface area contributed by atoms with Gasteiger partial charge in [0, 0.05) is 49.3 Å². The zero-order valence-corrected chi connectivity index (χ0v) is 13.7. The Bertz CT molecular complexity index is 746. The molecule has 0 aliphatic carbocycles. The molecule has 4 nitrogen and oxygen atoms in total. The first-order chi connectivity index (χ1) is 11.3. The van der Waals surface area contributed by atoms with Gasteiger partial charge in [-0.15, -0.1) is 0 Å². The molecule has 4 rings (SSSR count). The quantitative estimate of drug-likeness (QED) is 0.688. The van der Waals surface area contributed by atoms with Crippen molar-refractivity contribution < 1.29 is 4.74 Å². The van der Waals surface area contributed by atoms with E-state index in [-0.39, 0.29) is 5.50 Å². The van der Waals surface area contributed by atoms with Gasteiger partial charge in [-0.2, -0.15) is 0 Å². The lowest BCUT2D eigenvalue weighted by atomic mass is 9.98. The predicted octanol–water partition coefficient (Wildman–Crippen LogP) is 3.77. The number of fused-ring (bicyclic) bond motifs is 1. The second kappa shape index (κ2) is 6.38. The maximum Gasteiger partial charge on any atom is 0.137 e. The number of rotatable bonds is 3. The first-order valence-electron chi connectivity index (χ1n) is 8.11. The van der Waals surface area contributed by atoms with Crippen molar-refractivity contribution in [3.8, 4) is 0 Å². The smallest absolute Gasteiger partial charge is 0.137 e. The minimum absolute atomic E-state index is 0.112. The van der Waals surface area contributed by atoms with E-state index in [1.807, 2.05) is 12.3 Å². The highest BCUT2D eigenvalue weighted by molar-refractivity contribution is 6.22. The first kappa shape index (κ1) is 14.8. The van der Waals surface area contributed by atoms with Crippen molar-refractivity contribution >= 4 is 28.2 Å². The molecule has 0 radical (unpaired) electrons. The topological polar surface area (TPSA) is 41.2 Å². The minimum atomic E-state index is -0.112. The molecule has 5 heteroatoms. The summed E-state index contributed by atoms with van der Waals surface area (Å²) in [6.45, 7) is 2.74. The summed E-state index contributed by atoms with van der Waals surface area (Å²) in [7, 11) is 0. The van der Waals surface area contributed by atoms with Crippen molar-refractivity contribution in [2.75, 3.05) is 19.8 Å². The van der Waals surface area contributed by atoms with Crippen LogP contribution in [0.1, 0.15) is 18.4 Å². The highest BCUT2D eigenvalue weighted by Crippen LogP contribution is 2.30. The van der Waals surface area contributed by atoms with E-state index in [4.69, 9.17) is 16.3 Å². The van der Waals surface area contributed by atoms with Crippen LogP contribution in [0.2, 0.25) is 0 Å². The van der Waals surface area contributed by atoms with Gasteiger partial charge in [-0.25, -0.2) is 4.98 Å². The number of hydrogen-bond acceptors (Lipinski definition) is 3. The third-order valence-corrected chi connectivity index (χ3v) is 5.03. The summed E-state index contributed by atoms with van der Waals surface area (Å²) in [4.78, 5) is 9.78. The van der Waals surface area contributed by atoms with Crippen LogP contribution in [0.25, 0.3) is 16.6 Å². The fourth-order valence-corrected chi connectivity index (χ4v) is 3.60. The van der Waals surface area contributed by atoms with Crippen LogP contribution in [0.15, 0.2) is 42.9 Å². The van der Waals surface area contributed by atoms with Gasteiger partial charge in [-0.1, -0.05) is 11.6 Å². The first-order valence-corrected chi connectivity index (χ1v) is 8.55.